The third kappa shape index (κ3) is 5.98. The average Bonchev–Trinajstić information content (AvgIpc) is 2.92. The van der Waals surface area contributed by atoms with Crippen LogP contribution in [0, 0.1) is 0 Å². The first-order valence-electron chi connectivity index (χ1n) is 12.3. The summed E-state index contributed by atoms with van der Waals surface area (Å²) in [6.07, 6.45) is 1.94. The second kappa shape index (κ2) is 12.4. The first-order valence-corrected chi connectivity index (χ1v) is 13.3. The predicted molar refractivity (Wildman–Crippen MR) is 150 cm³/mol. The maximum Gasteiger partial charge on any atom is 0.0721 e. The lowest BCUT2D eigenvalue weighted by atomic mass is 9.94. The SMILES string of the molecule is CCc1c(CCl)cccc1-c1ccc(COCc2ccc(-c3cccc(CCl)c3CC)cc2)cc1. The summed E-state index contributed by atoms with van der Waals surface area (Å²) in [7, 11) is 0. The van der Waals surface area contributed by atoms with Crippen molar-refractivity contribution in [2.45, 2.75) is 51.7 Å². The van der Waals surface area contributed by atoms with E-state index in [1.165, 1.54) is 55.6 Å². The topological polar surface area (TPSA) is 9.23 Å². The van der Waals surface area contributed by atoms with Gasteiger partial charge >= 0.3 is 0 Å². The lowest BCUT2D eigenvalue weighted by molar-refractivity contribution is 0.107. The zero-order valence-electron chi connectivity index (χ0n) is 20.5. The van der Waals surface area contributed by atoms with E-state index in [1.54, 1.807) is 0 Å². The standard InChI is InChI=1S/C32H32Cl2O/c1-3-29-27(19-33)7-5-9-31(29)25-15-11-23(12-16-25)21-35-22-24-13-17-26(18-14-24)32-10-6-8-28(20-34)30(32)4-2/h5-18H,3-4,19-22H2,1-2H3. The van der Waals surface area contributed by atoms with Crippen LogP contribution in [0.15, 0.2) is 84.9 Å². The number of rotatable bonds is 10. The van der Waals surface area contributed by atoms with Crippen LogP contribution >= 0.6 is 23.2 Å². The van der Waals surface area contributed by atoms with Crippen molar-refractivity contribution in [2.75, 3.05) is 0 Å². The largest absolute Gasteiger partial charge is 0.372 e. The predicted octanol–water partition coefficient (Wildman–Crippen LogP) is 9.34. The number of hydrogen-bond acceptors (Lipinski definition) is 1. The molecule has 0 aliphatic rings. The minimum absolute atomic E-state index is 0.545. The fourth-order valence-electron chi connectivity index (χ4n) is 4.74. The number of alkyl halides is 2. The smallest absolute Gasteiger partial charge is 0.0721 e. The molecule has 0 aromatic heterocycles. The van der Waals surface area contributed by atoms with E-state index in [1.807, 2.05) is 0 Å². The Hall–Kier alpha value is -2.58. The molecule has 0 fully saturated rings. The van der Waals surface area contributed by atoms with Crippen molar-refractivity contribution in [2.24, 2.45) is 0 Å². The molecule has 4 aromatic rings. The molecule has 0 unspecified atom stereocenters. The molecular formula is C32H32Cl2O. The number of hydrogen-bond donors (Lipinski definition) is 0. The highest BCUT2D eigenvalue weighted by atomic mass is 35.5. The van der Waals surface area contributed by atoms with Crippen molar-refractivity contribution in [3.05, 3.63) is 118 Å². The van der Waals surface area contributed by atoms with Gasteiger partial charge in [-0.3, -0.25) is 0 Å². The summed E-state index contributed by atoms with van der Waals surface area (Å²) in [5.74, 6) is 1.09. The van der Waals surface area contributed by atoms with E-state index in [0.29, 0.717) is 25.0 Å². The molecule has 0 amide bonds. The Morgan fingerprint density at radius 1 is 0.543 bits per heavy atom. The minimum Gasteiger partial charge on any atom is -0.372 e. The van der Waals surface area contributed by atoms with Gasteiger partial charge in [-0.2, -0.15) is 0 Å². The Morgan fingerprint density at radius 2 is 0.943 bits per heavy atom. The van der Waals surface area contributed by atoms with Crippen LogP contribution in [-0.2, 0) is 42.6 Å². The van der Waals surface area contributed by atoms with Crippen LogP contribution < -0.4 is 0 Å². The van der Waals surface area contributed by atoms with E-state index >= 15 is 0 Å². The van der Waals surface area contributed by atoms with Gasteiger partial charge in [-0.15, -0.1) is 23.2 Å². The minimum atomic E-state index is 0.545. The highest BCUT2D eigenvalue weighted by molar-refractivity contribution is 6.17. The van der Waals surface area contributed by atoms with Crippen molar-refractivity contribution in [1.29, 1.82) is 0 Å². The van der Waals surface area contributed by atoms with Crippen LogP contribution in [0.2, 0.25) is 0 Å². The summed E-state index contributed by atoms with van der Waals surface area (Å²) < 4.78 is 6.02. The molecule has 3 heteroatoms. The van der Waals surface area contributed by atoms with Gasteiger partial charge in [0.2, 0.25) is 0 Å². The highest BCUT2D eigenvalue weighted by Crippen LogP contribution is 2.29. The summed E-state index contributed by atoms with van der Waals surface area (Å²) in [5, 5.41) is 0. The quantitative estimate of drug-likeness (QED) is 0.196. The van der Waals surface area contributed by atoms with Crippen molar-refractivity contribution in [3.63, 3.8) is 0 Å². The van der Waals surface area contributed by atoms with Gasteiger partial charge in [0, 0.05) is 11.8 Å². The van der Waals surface area contributed by atoms with E-state index in [4.69, 9.17) is 27.9 Å². The first kappa shape index (κ1) is 25.5. The number of benzene rings is 4. The lowest BCUT2D eigenvalue weighted by Crippen LogP contribution is -1.97. The van der Waals surface area contributed by atoms with Crippen molar-refractivity contribution in [1.82, 2.24) is 0 Å². The molecule has 4 aromatic carbocycles. The van der Waals surface area contributed by atoms with Crippen molar-refractivity contribution in [3.8, 4) is 22.3 Å². The summed E-state index contributed by atoms with van der Waals surface area (Å²) in [6, 6.07) is 30.1. The third-order valence-electron chi connectivity index (χ3n) is 6.61. The van der Waals surface area contributed by atoms with E-state index in [2.05, 4.69) is 98.8 Å². The molecule has 0 spiro atoms. The average molecular weight is 504 g/mol. The molecule has 1 nitrogen and oxygen atoms in total. The van der Waals surface area contributed by atoms with Gasteiger partial charge in [0.05, 0.1) is 13.2 Å². The van der Waals surface area contributed by atoms with Crippen LogP contribution in [0.5, 0.6) is 0 Å². The summed E-state index contributed by atoms with van der Waals surface area (Å²) in [5.41, 5.74) is 12.4. The molecular weight excluding hydrogens is 471 g/mol. The molecule has 0 aliphatic carbocycles. The Balaban J connectivity index is 1.38. The number of ether oxygens (including phenoxy) is 1. The van der Waals surface area contributed by atoms with Gasteiger partial charge in [0.1, 0.15) is 0 Å². The fourth-order valence-corrected chi connectivity index (χ4v) is 5.24. The molecule has 0 radical (unpaired) electrons. The van der Waals surface area contributed by atoms with Crippen LogP contribution in [0.4, 0.5) is 0 Å². The maximum atomic E-state index is 6.15. The Kier molecular flexibility index (Phi) is 9.04. The fraction of sp³-hybridized carbons (Fsp3) is 0.250. The molecule has 0 bridgehead atoms. The Bertz CT molecular complexity index is 1140. The number of halogens is 2. The van der Waals surface area contributed by atoms with Crippen molar-refractivity contribution >= 4 is 23.2 Å². The van der Waals surface area contributed by atoms with Crippen LogP contribution in [0.1, 0.15) is 47.2 Å². The summed E-state index contributed by atoms with van der Waals surface area (Å²) in [4.78, 5) is 0. The van der Waals surface area contributed by atoms with Gasteiger partial charge in [0.25, 0.3) is 0 Å². The Labute approximate surface area is 219 Å². The molecule has 0 heterocycles. The second-order valence-electron chi connectivity index (χ2n) is 8.75. The third-order valence-corrected chi connectivity index (χ3v) is 7.18. The maximum absolute atomic E-state index is 6.15. The molecule has 35 heavy (non-hydrogen) atoms. The molecule has 4 rings (SSSR count). The molecule has 180 valence electrons. The van der Waals surface area contributed by atoms with Crippen molar-refractivity contribution < 1.29 is 4.74 Å². The summed E-state index contributed by atoms with van der Waals surface area (Å²) in [6.45, 7) is 5.54. The van der Waals surface area contributed by atoms with Gasteiger partial charge in [-0.25, -0.2) is 0 Å². The van der Waals surface area contributed by atoms with Crippen LogP contribution in [0.3, 0.4) is 0 Å². The molecule has 0 saturated heterocycles. The second-order valence-corrected chi connectivity index (χ2v) is 9.28. The zero-order chi connectivity index (χ0) is 24.6. The van der Waals surface area contributed by atoms with Crippen LogP contribution in [0.25, 0.3) is 22.3 Å². The normalized spacial score (nSPS) is 11.1. The van der Waals surface area contributed by atoms with E-state index in [9.17, 15) is 0 Å². The van der Waals surface area contributed by atoms with Crippen LogP contribution in [-0.4, -0.2) is 0 Å². The van der Waals surface area contributed by atoms with E-state index in [0.717, 1.165) is 12.8 Å². The van der Waals surface area contributed by atoms with Gasteiger partial charge in [-0.05, 0) is 68.5 Å². The first-order chi connectivity index (χ1) is 17.2. The van der Waals surface area contributed by atoms with Gasteiger partial charge in [0.15, 0.2) is 0 Å². The molecule has 0 atom stereocenters. The lowest BCUT2D eigenvalue weighted by Gasteiger charge is -2.13. The van der Waals surface area contributed by atoms with E-state index in [-0.39, 0.29) is 0 Å². The van der Waals surface area contributed by atoms with E-state index < -0.39 is 0 Å². The summed E-state index contributed by atoms with van der Waals surface area (Å²) >= 11 is 12.3. The molecule has 0 aliphatic heterocycles. The molecule has 0 N–H and O–H groups in total. The molecule has 0 saturated carbocycles. The van der Waals surface area contributed by atoms with Gasteiger partial charge < -0.3 is 4.74 Å². The zero-order valence-corrected chi connectivity index (χ0v) is 22.0. The Morgan fingerprint density at radius 3 is 1.29 bits per heavy atom. The monoisotopic (exact) mass is 502 g/mol. The van der Waals surface area contributed by atoms with Gasteiger partial charge in [-0.1, -0.05) is 98.8 Å². The highest BCUT2D eigenvalue weighted by Gasteiger charge is 2.09.